The van der Waals surface area contributed by atoms with Crippen molar-refractivity contribution in [3.63, 3.8) is 0 Å². The molecule has 1 aromatic heterocycles. The summed E-state index contributed by atoms with van der Waals surface area (Å²) in [4.78, 5) is 0. The van der Waals surface area contributed by atoms with E-state index in [1.807, 2.05) is 6.07 Å². The van der Waals surface area contributed by atoms with Crippen LogP contribution in [-0.2, 0) is 16.9 Å². The number of aromatic nitrogens is 1. The van der Waals surface area contributed by atoms with E-state index in [1.165, 1.54) is 22.2 Å². The zero-order valence-corrected chi connectivity index (χ0v) is 11.5. The van der Waals surface area contributed by atoms with E-state index in [2.05, 4.69) is 66.1 Å². The first kappa shape index (κ1) is 11.7. The molecular weight excluding hydrogens is 246 g/mol. The van der Waals surface area contributed by atoms with Crippen molar-refractivity contribution < 1.29 is 4.74 Å². The Balaban J connectivity index is 1.99. The Labute approximate surface area is 118 Å². The lowest BCUT2D eigenvalue weighted by Crippen LogP contribution is -2.36. The van der Waals surface area contributed by atoms with Crippen LogP contribution in [0, 0.1) is 0 Å². The van der Waals surface area contributed by atoms with Crippen molar-refractivity contribution in [1.29, 1.82) is 0 Å². The van der Waals surface area contributed by atoms with Crippen LogP contribution >= 0.6 is 0 Å². The van der Waals surface area contributed by atoms with Gasteiger partial charge in [-0.1, -0.05) is 48.5 Å². The lowest BCUT2D eigenvalue weighted by molar-refractivity contribution is -0.0326. The highest BCUT2D eigenvalue weighted by Crippen LogP contribution is 2.39. The highest BCUT2D eigenvalue weighted by atomic mass is 16.5. The fraction of sp³-hybridized carbons (Fsp3) is 0.222. The van der Waals surface area contributed by atoms with Crippen LogP contribution in [0.3, 0.4) is 0 Å². The summed E-state index contributed by atoms with van der Waals surface area (Å²) in [5.41, 5.74) is 3.39. The average Bonchev–Trinajstić information content (AvgIpc) is 2.89. The minimum Gasteiger partial charge on any atom is -0.362 e. The molecule has 2 aromatic carbocycles. The molecule has 20 heavy (non-hydrogen) atoms. The van der Waals surface area contributed by atoms with E-state index < -0.39 is 0 Å². The van der Waals surface area contributed by atoms with Crippen LogP contribution in [0.4, 0.5) is 0 Å². The first-order valence-corrected chi connectivity index (χ1v) is 7.07. The minimum atomic E-state index is -0.363. The number of para-hydroxylation sites is 1. The Kier molecular flexibility index (Phi) is 2.48. The third-order valence-corrected chi connectivity index (χ3v) is 4.33. The van der Waals surface area contributed by atoms with Crippen molar-refractivity contribution in [2.45, 2.75) is 19.1 Å². The zero-order chi connectivity index (χ0) is 13.6. The smallest absolute Gasteiger partial charge is 0.130 e. The second kappa shape index (κ2) is 4.22. The van der Waals surface area contributed by atoms with Gasteiger partial charge in [0.05, 0.1) is 12.3 Å². The van der Waals surface area contributed by atoms with Crippen molar-refractivity contribution >= 4 is 10.9 Å². The molecule has 0 saturated carbocycles. The van der Waals surface area contributed by atoms with Crippen LogP contribution in [0.5, 0.6) is 0 Å². The lowest BCUT2D eigenvalue weighted by Gasteiger charge is -2.36. The van der Waals surface area contributed by atoms with Gasteiger partial charge in [-0.25, -0.2) is 0 Å². The fourth-order valence-corrected chi connectivity index (χ4v) is 3.25. The lowest BCUT2D eigenvalue weighted by atomic mass is 9.91. The van der Waals surface area contributed by atoms with Crippen molar-refractivity contribution in [2.75, 3.05) is 6.61 Å². The van der Waals surface area contributed by atoms with Gasteiger partial charge in [0.2, 0.25) is 0 Å². The molecule has 2 heterocycles. The largest absolute Gasteiger partial charge is 0.362 e. The van der Waals surface area contributed by atoms with Crippen molar-refractivity contribution in [3.05, 3.63) is 71.9 Å². The topological polar surface area (TPSA) is 14.2 Å². The summed E-state index contributed by atoms with van der Waals surface area (Å²) in [6, 6.07) is 21.3. The second-order valence-corrected chi connectivity index (χ2v) is 5.49. The molecule has 0 bridgehead atoms. The number of nitrogens with zero attached hydrogens (tertiary/aromatic N) is 1. The van der Waals surface area contributed by atoms with E-state index in [9.17, 15) is 0 Å². The molecule has 1 atom stereocenters. The van der Waals surface area contributed by atoms with Crippen LogP contribution in [-0.4, -0.2) is 11.2 Å². The quantitative estimate of drug-likeness (QED) is 0.648. The average molecular weight is 263 g/mol. The predicted molar refractivity (Wildman–Crippen MR) is 80.8 cm³/mol. The number of benzene rings is 2. The molecule has 0 aliphatic carbocycles. The van der Waals surface area contributed by atoms with Crippen LogP contribution in [0.1, 0.15) is 18.2 Å². The summed E-state index contributed by atoms with van der Waals surface area (Å²) in [6.45, 7) is 3.84. The van der Waals surface area contributed by atoms with Crippen molar-refractivity contribution in [3.8, 4) is 0 Å². The molecule has 0 saturated heterocycles. The molecule has 100 valence electrons. The molecule has 2 nitrogen and oxygen atoms in total. The number of ether oxygens (including phenoxy) is 1. The maximum Gasteiger partial charge on any atom is 0.130 e. The Morgan fingerprint density at radius 3 is 2.60 bits per heavy atom. The van der Waals surface area contributed by atoms with Gasteiger partial charge in [0.25, 0.3) is 0 Å². The Morgan fingerprint density at radius 2 is 1.75 bits per heavy atom. The normalized spacial score (nSPS) is 21.9. The van der Waals surface area contributed by atoms with E-state index in [0.29, 0.717) is 0 Å². The van der Waals surface area contributed by atoms with Gasteiger partial charge in [-0.2, -0.15) is 0 Å². The molecular formula is C18H17NO. The maximum absolute atomic E-state index is 6.19. The van der Waals surface area contributed by atoms with E-state index in [0.717, 1.165) is 13.2 Å². The second-order valence-electron chi connectivity index (χ2n) is 5.49. The molecule has 0 radical (unpaired) electrons. The van der Waals surface area contributed by atoms with Crippen LogP contribution in [0.25, 0.3) is 10.9 Å². The summed E-state index contributed by atoms with van der Waals surface area (Å²) in [5, 5.41) is 1.29. The van der Waals surface area contributed by atoms with Gasteiger partial charge in [0.1, 0.15) is 5.60 Å². The standard InChI is InChI=1S/C18H17NO/c1-18(15-8-3-2-4-9-15)17-13-14-7-5-6-10-16(14)19(17)11-12-20-18/h2-10,13H,11-12H2,1H3/t18-/m1/s1. The fourth-order valence-electron chi connectivity index (χ4n) is 3.25. The van der Waals surface area contributed by atoms with E-state index >= 15 is 0 Å². The highest BCUT2D eigenvalue weighted by molar-refractivity contribution is 5.82. The number of hydrogen-bond acceptors (Lipinski definition) is 1. The maximum atomic E-state index is 6.19. The first-order chi connectivity index (χ1) is 9.79. The molecule has 2 heteroatoms. The molecule has 0 fully saturated rings. The number of hydrogen-bond donors (Lipinski definition) is 0. The molecule has 0 amide bonds. The van der Waals surface area contributed by atoms with Gasteiger partial charge in [-0.15, -0.1) is 0 Å². The first-order valence-electron chi connectivity index (χ1n) is 7.07. The van der Waals surface area contributed by atoms with Crippen molar-refractivity contribution in [2.24, 2.45) is 0 Å². The molecule has 1 aliphatic rings. The van der Waals surface area contributed by atoms with E-state index in [4.69, 9.17) is 4.74 Å². The van der Waals surface area contributed by atoms with Gasteiger partial charge in [-0.3, -0.25) is 0 Å². The van der Waals surface area contributed by atoms with Gasteiger partial charge >= 0.3 is 0 Å². The summed E-state index contributed by atoms with van der Waals surface area (Å²) in [5.74, 6) is 0. The van der Waals surface area contributed by atoms with Gasteiger partial charge in [0, 0.05) is 12.1 Å². The van der Waals surface area contributed by atoms with Crippen LogP contribution < -0.4 is 0 Å². The molecule has 4 rings (SSSR count). The SMILES string of the molecule is C[C@]1(c2ccccc2)OCCn2c1cc1ccccc12. The third-order valence-electron chi connectivity index (χ3n) is 4.33. The summed E-state index contributed by atoms with van der Waals surface area (Å²) in [6.07, 6.45) is 0. The Hall–Kier alpha value is -2.06. The van der Waals surface area contributed by atoms with Gasteiger partial charge in [-0.05, 0) is 30.0 Å². The third kappa shape index (κ3) is 1.55. The van der Waals surface area contributed by atoms with E-state index in [-0.39, 0.29) is 5.60 Å². The summed E-state index contributed by atoms with van der Waals surface area (Å²) >= 11 is 0. The van der Waals surface area contributed by atoms with E-state index in [1.54, 1.807) is 0 Å². The summed E-state index contributed by atoms with van der Waals surface area (Å²) < 4.78 is 8.58. The van der Waals surface area contributed by atoms with Gasteiger partial charge < -0.3 is 9.30 Å². The zero-order valence-electron chi connectivity index (χ0n) is 11.5. The van der Waals surface area contributed by atoms with Crippen LogP contribution in [0.15, 0.2) is 60.7 Å². The van der Waals surface area contributed by atoms with Gasteiger partial charge in [0.15, 0.2) is 0 Å². The summed E-state index contributed by atoms with van der Waals surface area (Å²) in [7, 11) is 0. The minimum absolute atomic E-state index is 0.363. The molecule has 0 N–H and O–H groups in total. The van der Waals surface area contributed by atoms with Crippen molar-refractivity contribution in [1.82, 2.24) is 4.57 Å². The molecule has 1 aliphatic heterocycles. The number of fused-ring (bicyclic) bond motifs is 3. The van der Waals surface area contributed by atoms with Crippen LogP contribution in [0.2, 0.25) is 0 Å². The predicted octanol–water partition coefficient (Wildman–Crippen LogP) is 3.94. The monoisotopic (exact) mass is 263 g/mol. The Morgan fingerprint density at radius 1 is 1.00 bits per heavy atom. The molecule has 0 unspecified atom stereocenters. The number of rotatable bonds is 1. The highest BCUT2D eigenvalue weighted by Gasteiger charge is 2.36. The Bertz CT molecular complexity index is 759. The molecule has 0 spiro atoms. The molecule has 3 aromatic rings.